The third-order valence-electron chi connectivity index (χ3n) is 5.33. The van der Waals surface area contributed by atoms with Crippen LogP contribution in [0.5, 0.6) is 5.75 Å². The van der Waals surface area contributed by atoms with Crippen molar-refractivity contribution in [1.82, 2.24) is 29.6 Å². The summed E-state index contributed by atoms with van der Waals surface area (Å²) in [5.74, 6) is 2.20. The number of rotatable bonds is 5. The van der Waals surface area contributed by atoms with Crippen LogP contribution in [0.2, 0.25) is 0 Å². The molecule has 4 aromatic rings. The second kappa shape index (κ2) is 7.50. The maximum absolute atomic E-state index is 12.7. The quantitative estimate of drug-likeness (QED) is 0.536. The fourth-order valence-corrected chi connectivity index (χ4v) is 3.97. The van der Waals surface area contributed by atoms with Crippen LogP contribution in [0.1, 0.15) is 43.0 Å². The van der Waals surface area contributed by atoms with E-state index in [-0.39, 0.29) is 11.8 Å². The second-order valence-corrected chi connectivity index (χ2v) is 8.13. The number of carbonyl (C=O) groups excluding carboxylic acids is 1. The number of para-hydroxylation sites is 1. The molecule has 1 aliphatic heterocycles. The van der Waals surface area contributed by atoms with Crippen LogP contribution in [0.15, 0.2) is 42.7 Å². The number of carbonyl (C=O) groups is 1. The predicted octanol–water partition coefficient (Wildman–Crippen LogP) is 3.13. The van der Waals surface area contributed by atoms with Gasteiger partial charge in [0.1, 0.15) is 17.9 Å². The van der Waals surface area contributed by atoms with Gasteiger partial charge in [-0.15, -0.1) is 15.3 Å². The number of aryl methyl sites for hydroxylation is 1. The molecule has 0 spiro atoms. The Balaban J connectivity index is 1.61. The molecule has 9 heteroatoms. The largest absolute Gasteiger partial charge is 0.493 e. The summed E-state index contributed by atoms with van der Waals surface area (Å²) in [5.41, 5.74) is 3.44. The summed E-state index contributed by atoms with van der Waals surface area (Å²) in [7, 11) is 0. The van der Waals surface area contributed by atoms with Gasteiger partial charge in [0.25, 0.3) is 0 Å². The maximum atomic E-state index is 12.7. The van der Waals surface area contributed by atoms with Crippen molar-refractivity contribution in [3.05, 3.63) is 59.5 Å². The smallest absolute Gasteiger partial charge is 0.226 e. The summed E-state index contributed by atoms with van der Waals surface area (Å²) in [4.78, 5) is 12.7. The van der Waals surface area contributed by atoms with E-state index in [2.05, 4.69) is 34.5 Å². The Bertz CT molecular complexity index is 1270. The van der Waals surface area contributed by atoms with E-state index in [1.807, 2.05) is 43.3 Å². The summed E-state index contributed by atoms with van der Waals surface area (Å²) in [6, 6.07) is 11.6. The second-order valence-electron chi connectivity index (χ2n) is 8.13. The van der Waals surface area contributed by atoms with Gasteiger partial charge in [-0.1, -0.05) is 32.0 Å². The van der Waals surface area contributed by atoms with E-state index in [1.54, 1.807) is 9.20 Å². The van der Waals surface area contributed by atoms with Gasteiger partial charge in [0, 0.05) is 23.5 Å². The van der Waals surface area contributed by atoms with Gasteiger partial charge in [0.05, 0.1) is 12.3 Å². The van der Waals surface area contributed by atoms with E-state index >= 15 is 0 Å². The number of aromatic nitrogens is 6. The molecule has 0 aliphatic carbocycles. The van der Waals surface area contributed by atoms with Crippen LogP contribution in [0.3, 0.4) is 0 Å². The molecule has 158 valence electrons. The molecule has 4 heterocycles. The molecule has 9 nitrogen and oxygen atoms in total. The Morgan fingerprint density at radius 3 is 2.87 bits per heavy atom. The SMILES string of the molecule is Cc1nn(-c2ccc3nncn3n2)c2c1[C@@H](c1ccccc1OCC(C)C)CC(=O)N2. The number of nitrogens with zero attached hydrogens (tertiary/aromatic N) is 6. The van der Waals surface area contributed by atoms with Gasteiger partial charge in [0.2, 0.25) is 5.91 Å². The first-order valence-electron chi connectivity index (χ1n) is 10.3. The zero-order chi connectivity index (χ0) is 21.5. The molecule has 0 saturated carbocycles. The van der Waals surface area contributed by atoms with Gasteiger partial charge in [-0.05, 0) is 31.0 Å². The van der Waals surface area contributed by atoms with Gasteiger partial charge >= 0.3 is 0 Å². The predicted molar refractivity (Wildman–Crippen MR) is 115 cm³/mol. The van der Waals surface area contributed by atoms with Gasteiger partial charge in [0.15, 0.2) is 11.5 Å². The molecule has 0 bridgehead atoms. The molecular formula is C22H23N7O2. The summed E-state index contributed by atoms with van der Waals surface area (Å²) in [5, 5.41) is 20.1. The summed E-state index contributed by atoms with van der Waals surface area (Å²) in [6.07, 6.45) is 1.87. The molecule has 0 saturated heterocycles. The number of ether oxygens (including phenoxy) is 1. The molecule has 1 amide bonds. The molecular weight excluding hydrogens is 394 g/mol. The van der Waals surface area contributed by atoms with Gasteiger partial charge < -0.3 is 10.1 Å². The van der Waals surface area contributed by atoms with E-state index in [0.29, 0.717) is 36.2 Å². The highest BCUT2D eigenvalue weighted by atomic mass is 16.5. The minimum Gasteiger partial charge on any atom is -0.493 e. The molecule has 1 aliphatic rings. The van der Waals surface area contributed by atoms with Crippen molar-refractivity contribution in [3.8, 4) is 11.6 Å². The highest BCUT2D eigenvalue weighted by Crippen LogP contribution is 2.43. The Morgan fingerprint density at radius 1 is 1.19 bits per heavy atom. The monoisotopic (exact) mass is 417 g/mol. The van der Waals surface area contributed by atoms with E-state index in [9.17, 15) is 4.79 Å². The first-order valence-corrected chi connectivity index (χ1v) is 10.3. The molecule has 1 aromatic carbocycles. The topological polar surface area (TPSA) is 99.2 Å². The molecule has 0 unspecified atom stereocenters. The average molecular weight is 417 g/mol. The minimum atomic E-state index is -0.153. The molecule has 1 N–H and O–H groups in total. The molecule has 1 atom stereocenters. The number of nitrogens with one attached hydrogen (secondary N) is 1. The fraction of sp³-hybridized carbons (Fsp3) is 0.318. The average Bonchev–Trinajstić information content (AvgIpc) is 3.35. The van der Waals surface area contributed by atoms with Gasteiger partial charge in [-0.25, -0.2) is 0 Å². The van der Waals surface area contributed by atoms with Crippen LogP contribution in [-0.4, -0.2) is 42.1 Å². The summed E-state index contributed by atoms with van der Waals surface area (Å²) in [6.45, 7) is 6.80. The number of hydrogen-bond acceptors (Lipinski definition) is 6. The van der Waals surface area contributed by atoms with Crippen molar-refractivity contribution in [2.45, 2.75) is 33.1 Å². The molecule has 3 aromatic heterocycles. The number of fused-ring (bicyclic) bond motifs is 2. The lowest BCUT2D eigenvalue weighted by atomic mass is 9.85. The lowest BCUT2D eigenvalue weighted by Gasteiger charge is -2.26. The highest BCUT2D eigenvalue weighted by Gasteiger charge is 2.34. The van der Waals surface area contributed by atoms with Gasteiger partial charge in [-0.3, -0.25) is 4.79 Å². The summed E-state index contributed by atoms with van der Waals surface area (Å²) >= 11 is 0. The van der Waals surface area contributed by atoms with E-state index < -0.39 is 0 Å². The Morgan fingerprint density at radius 2 is 2.03 bits per heavy atom. The maximum Gasteiger partial charge on any atom is 0.226 e. The molecule has 0 radical (unpaired) electrons. The number of amides is 1. The first-order chi connectivity index (χ1) is 15.0. The van der Waals surface area contributed by atoms with Crippen molar-refractivity contribution in [3.63, 3.8) is 0 Å². The van der Waals surface area contributed by atoms with Crippen molar-refractivity contribution in [2.24, 2.45) is 5.92 Å². The zero-order valence-corrected chi connectivity index (χ0v) is 17.6. The fourth-order valence-electron chi connectivity index (χ4n) is 3.97. The third kappa shape index (κ3) is 3.41. The Labute approximate surface area is 179 Å². The van der Waals surface area contributed by atoms with Crippen molar-refractivity contribution in [1.29, 1.82) is 0 Å². The van der Waals surface area contributed by atoms with Gasteiger partial charge in [-0.2, -0.15) is 14.3 Å². The van der Waals surface area contributed by atoms with E-state index in [0.717, 1.165) is 22.6 Å². The Hall–Kier alpha value is -3.75. The van der Waals surface area contributed by atoms with E-state index in [4.69, 9.17) is 9.84 Å². The molecule has 0 fully saturated rings. The van der Waals surface area contributed by atoms with Crippen molar-refractivity contribution >= 4 is 17.4 Å². The molecule has 31 heavy (non-hydrogen) atoms. The van der Waals surface area contributed by atoms with Crippen molar-refractivity contribution in [2.75, 3.05) is 11.9 Å². The first kappa shape index (κ1) is 19.2. The van der Waals surface area contributed by atoms with Crippen LogP contribution in [0.25, 0.3) is 11.5 Å². The van der Waals surface area contributed by atoms with Crippen LogP contribution in [-0.2, 0) is 4.79 Å². The van der Waals surface area contributed by atoms with Crippen LogP contribution < -0.4 is 10.1 Å². The van der Waals surface area contributed by atoms with Crippen LogP contribution >= 0.6 is 0 Å². The lowest BCUT2D eigenvalue weighted by Crippen LogP contribution is -2.25. The van der Waals surface area contributed by atoms with Crippen LogP contribution in [0, 0.1) is 12.8 Å². The van der Waals surface area contributed by atoms with Crippen LogP contribution in [0.4, 0.5) is 5.82 Å². The minimum absolute atomic E-state index is 0.0670. The standard InChI is InChI=1S/C22H23N7O2/c1-13(2)11-31-17-7-5-4-6-15(17)16-10-20(30)24-22-21(16)14(3)26-29(22)19-9-8-18-25-23-12-28(18)27-19/h4-9,12-13,16H,10-11H2,1-3H3,(H,24,30)/t16-/m1/s1. The normalized spacial score (nSPS) is 15.9. The van der Waals surface area contributed by atoms with Crippen molar-refractivity contribution < 1.29 is 9.53 Å². The summed E-state index contributed by atoms with van der Waals surface area (Å²) < 4.78 is 9.34. The lowest BCUT2D eigenvalue weighted by molar-refractivity contribution is -0.116. The number of anilines is 1. The number of benzene rings is 1. The number of hydrogen-bond donors (Lipinski definition) is 1. The molecule has 5 rings (SSSR count). The highest BCUT2D eigenvalue weighted by molar-refractivity contribution is 5.95. The Kier molecular flexibility index (Phi) is 4.65. The zero-order valence-electron chi connectivity index (χ0n) is 17.6. The third-order valence-corrected chi connectivity index (χ3v) is 5.33. The van der Waals surface area contributed by atoms with E-state index in [1.165, 1.54) is 6.33 Å².